The number of amides is 2. The molecule has 16 heteroatoms. The molecule has 0 bridgehead atoms. The summed E-state index contributed by atoms with van der Waals surface area (Å²) >= 11 is 0. The lowest BCUT2D eigenvalue weighted by atomic mass is 10.0. The van der Waals surface area contributed by atoms with Crippen LogP contribution in [0.25, 0.3) is 0 Å². The quantitative estimate of drug-likeness (QED) is 0.187. The van der Waals surface area contributed by atoms with Gasteiger partial charge in [0.15, 0.2) is 11.5 Å². The highest BCUT2D eigenvalue weighted by Crippen LogP contribution is 2.36. The van der Waals surface area contributed by atoms with Gasteiger partial charge in [-0.2, -0.15) is 18.2 Å². The number of halogens is 3. The molecule has 0 radical (unpaired) electrons. The molecule has 1 aliphatic heterocycles. The first-order chi connectivity index (χ1) is 22.2. The molecule has 0 aliphatic carbocycles. The highest BCUT2D eigenvalue weighted by Gasteiger charge is 2.35. The molecular weight excluding hydrogens is 643 g/mol. The van der Waals surface area contributed by atoms with E-state index in [9.17, 15) is 31.2 Å². The third-order valence-corrected chi connectivity index (χ3v) is 8.46. The molecule has 0 saturated heterocycles. The average Bonchev–Trinajstić information content (AvgIpc) is 3.70. The largest absolute Gasteiger partial charge is 0.475 e. The first-order valence-corrected chi connectivity index (χ1v) is 15.9. The molecule has 1 unspecified atom stereocenters. The van der Waals surface area contributed by atoms with Gasteiger partial charge in [-0.15, -0.1) is 5.10 Å². The third-order valence-electron chi connectivity index (χ3n) is 7.10. The lowest BCUT2D eigenvalue weighted by Gasteiger charge is -2.22. The van der Waals surface area contributed by atoms with E-state index >= 15 is 0 Å². The van der Waals surface area contributed by atoms with Gasteiger partial charge in [-0.3, -0.25) is 20.0 Å². The molecule has 3 aromatic carbocycles. The highest BCUT2D eigenvalue weighted by molar-refractivity contribution is 7.90. The second kappa shape index (κ2) is 13.3. The zero-order chi connectivity index (χ0) is 33.9. The Morgan fingerprint density at radius 1 is 1.00 bits per heavy atom. The SMILES string of the molecule is CCCc1cc(C(=O)Nc2n[nH]c(C(F)(F)F)n2)ccc1OC(C(=O)NS(=O)(=O)c1ccc(C(C)C)cc1)c1ccc2c(c1)OCO2. The van der Waals surface area contributed by atoms with Gasteiger partial charge in [0, 0.05) is 11.1 Å². The number of alkyl halides is 3. The molecule has 2 heterocycles. The molecule has 0 spiro atoms. The average molecular weight is 674 g/mol. The minimum Gasteiger partial charge on any atom is -0.475 e. The molecule has 5 rings (SSSR count). The molecule has 47 heavy (non-hydrogen) atoms. The van der Waals surface area contributed by atoms with E-state index in [0.29, 0.717) is 29.9 Å². The van der Waals surface area contributed by atoms with Crippen LogP contribution in [-0.2, 0) is 27.4 Å². The molecule has 0 saturated carbocycles. The van der Waals surface area contributed by atoms with E-state index in [1.54, 1.807) is 23.3 Å². The molecule has 1 atom stereocenters. The summed E-state index contributed by atoms with van der Waals surface area (Å²) in [5.74, 6) is -2.63. The van der Waals surface area contributed by atoms with Gasteiger partial charge in [0.1, 0.15) is 5.75 Å². The van der Waals surface area contributed by atoms with Crippen LogP contribution in [0.2, 0.25) is 0 Å². The number of aromatic amines is 1. The fourth-order valence-corrected chi connectivity index (χ4v) is 5.66. The van der Waals surface area contributed by atoms with Crippen LogP contribution in [-0.4, -0.2) is 42.2 Å². The fourth-order valence-electron chi connectivity index (χ4n) is 4.67. The second-order valence-corrected chi connectivity index (χ2v) is 12.5. The van der Waals surface area contributed by atoms with Gasteiger partial charge in [-0.25, -0.2) is 13.1 Å². The van der Waals surface area contributed by atoms with Gasteiger partial charge in [0.05, 0.1) is 4.90 Å². The number of hydrogen-bond acceptors (Lipinski definition) is 9. The van der Waals surface area contributed by atoms with Gasteiger partial charge < -0.3 is 14.2 Å². The summed E-state index contributed by atoms with van der Waals surface area (Å²) in [5, 5.41) is 7.31. The predicted octanol–water partition coefficient (Wildman–Crippen LogP) is 5.51. The van der Waals surface area contributed by atoms with Crippen molar-refractivity contribution in [3.8, 4) is 17.2 Å². The summed E-state index contributed by atoms with van der Waals surface area (Å²) in [6.45, 7) is 5.76. The van der Waals surface area contributed by atoms with Crippen molar-refractivity contribution in [2.75, 3.05) is 12.1 Å². The topological polar surface area (TPSA) is 162 Å². The Labute approximate surface area is 267 Å². The number of aromatic nitrogens is 3. The van der Waals surface area contributed by atoms with E-state index in [1.165, 1.54) is 42.5 Å². The van der Waals surface area contributed by atoms with Crippen LogP contribution in [0.5, 0.6) is 17.2 Å². The van der Waals surface area contributed by atoms with Crippen LogP contribution in [0, 0.1) is 0 Å². The maximum absolute atomic E-state index is 13.7. The summed E-state index contributed by atoms with van der Waals surface area (Å²) in [5.41, 5.74) is 1.70. The number of anilines is 1. The lowest BCUT2D eigenvalue weighted by molar-refractivity contribution is -0.144. The van der Waals surface area contributed by atoms with Crippen LogP contribution in [0.4, 0.5) is 19.1 Å². The van der Waals surface area contributed by atoms with E-state index in [0.717, 1.165) is 5.56 Å². The van der Waals surface area contributed by atoms with Crippen molar-refractivity contribution in [2.45, 2.75) is 56.7 Å². The number of ether oxygens (including phenoxy) is 3. The monoisotopic (exact) mass is 673 g/mol. The zero-order valence-electron chi connectivity index (χ0n) is 25.3. The van der Waals surface area contributed by atoms with E-state index in [4.69, 9.17) is 14.2 Å². The molecule has 4 aromatic rings. The molecular formula is C31H30F3N5O7S. The Bertz CT molecular complexity index is 1890. The van der Waals surface area contributed by atoms with E-state index in [1.807, 2.05) is 20.8 Å². The Balaban J connectivity index is 1.43. The summed E-state index contributed by atoms with van der Waals surface area (Å²) in [4.78, 5) is 29.7. The van der Waals surface area contributed by atoms with Crippen LogP contribution >= 0.6 is 0 Å². The van der Waals surface area contributed by atoms with E-state index in [-0.39, 0.29) is 34.5 Å². The smallest absolute Gasteiger partial charge is 0.451 e. The molecule has 2 amide bonds. The molecule has 0 fully saturated rings. The Kier molecular flexibility index (Phi) is 9.42. The number of nitrogens with one attached hydrogen (secondary N) is 3. The van der Waals surface area contributed by atoms with Gasteiger partial charge in [-0.1, -0.05) is 45.4 Å². The molecule has 12 nitrogen and oxygen atoms in total. The predicted molar refractivity (Wildman–Crippen MR) is 162 cm³/mol. The van der Waals surface area contributed by atoms with Crippen molar-refractivity contribution >= 4 is 27.8 Å². The Morgan fingerprint density at radius 3 is 2.36 bits per heavy atom. The van der Waals surface area contributed by atoms with Crippen LogP contribution in [0.1, 0.15) is 72.1 Å². The number of fused-ring (bicyclic) bond motifs is 1. The summed E-state index contributed by atoms with van der Waals surface area (Å²) in [6.07, 6.45) is -5.33. The number of benzene rings is 3. The maximum Gasteiger partial charge on any atom is 0.451 e. The van der Waals surface area contributed by atoms with Crippen molar-refractivity contribution < 1.29 is 45.4 Å². The van der Waals surface area contributed by atoms with E-state index in [2.05, 4.69) is 20.1 Å². The highest BCUT2D eigenvalue weighted by atomic mass is 32.2. The molecule has 3 N–H and O–H groups in total. The van der Waals surface area contributed by atoms with Crippen LogP contribution in [0.3, 0.4) is 0 Å². The van der Waals surface area contributed by atoms with Crippen molar-refractivity contribution in [3.05, 3.63) is 88.7 Å². The lowest BCUT2D eigenvalue weighted by Crippen LogP contribution is -2.37. The van der Waals surface area contributed by atoms with E-state index < -0.39 is 45.9 Å². The zero-order valence-corrected chi connectivity index (χ0v) is 26.2. The number of H-pyrrole nitrogens is 1. The minimum absolute atomic E-state index is 0.0350. The van der Waals surface area contributed by atoms with Crippen molar-refractivity contribution in [1.82, 2.24) is 19.9 Å². The number of hydrogen-bond donors (Lipinski definition) is 3. The summed E-state index contributed by atoms with van der Waals surface area (Å²) in [7, 11) is -4.31. The Morgan fingerprint density at radius 2 is 1.70 bits per heavy atom. The fraction of sp³-hybridized carbons (Fsp3) is 0.290. The van der Waals surface area contributed by atoms with Crippen molar-refractivity contribution in [2.24, 2.45) is 0 Å². The normalized spacial score (nSPS) is 13.3. The number of nitrogens with zero attached hydrogens (tertiary/aromatic N) is 2. The molecule has 1 aromatic heterocycles. The van der Waals surface area contributed by atoms with Crippen LogP contribution < -0.4 is 24.2 Å². The number of carbonyl (C=O) groups is 2. The Hall–Kier alpha value is -5.12. The first-order valence-electron chi connectivity index (χ1n) is 14.4. The third kappa shape index (κ3) is 7.65. The number of aryl methyl sites for hydroxylation is 1. The van der Waals surface area contributed by atoms with Crippen molar-refractivity contribution in [1.29, 1.82) is 0 Å². The summed E-state index contributed by atoms with van der Waals surface area (Å²) in [6, 6.07) is 15.0. The minimum atomic E-state index is -4.78. The maximum atomic E-state index is 13.7. The molecule has 1 aliphatic rings. The van der Waals surface area contributed by atoms with Gasteiger partial charge in [0.25, 0.3) is 21.8 Å². The number of rotatable bonds is 11. The van der Waals surface area contributed by atoms with Gasteiger partial charge >= 0.3 is 6.18 Å². The first kappa shape index (κ1) is 33.2. The van der Waals surface area contributed by atoms with Gasteiger partial charge in [0.2, 0.25) is 24.7 Å². The van der Waals surface area contributed by atoms with Crippen molar-refractivity contribution in [3.63, 3.8) is 0 Å². The second-order valence-electron chi connectivity index (χ2n) is 10.8. The number of sulfonamides is 1. The van der Waals surface area contributed by atoms with Gasteiger partial charge in [-0.05, 0) is 65.9 Å². The molecule has 248 valence electrons. The van der Waals surface area contributed by atoms with Crippen LogP contribution in [0.15, 0.2) is 65.6 Å². The number of carbonyl (C=O) groups excluding carboxylic acids is 2. The summed E-state index contributed by atoms with van der Waals surface area (Å²) < 4.78 is 84.2. The standard InChI is InChI=1S/C31H30F3N5O7S/c1-4-5-19-14-21(27(40)35-30-36-29(37-38-30)31(32,33)34)9-12-23(19)46-26(20-8-13-24-25(15-20)45-16-44-24)28(41)39-47(42,43)22-10-6-18(7-11-22)17(2)3/h6-15,17,26H,4-5,16H2,1-3H3,(H,39,41)(H2,35,36,37,38,40).